The molecule has 6 heteroatoms. The molecule has 0 radical (unpaired) electrons. The van der Waals surface area contributed by atoms with Crippen LogP contribution >= 0.6 is 0 Å². The van der Waals surface area contributed by atoms with Gasteiger partial charge in [0.15, 0.2) is 0 Å². The lowest BCUT2D eigenvalue weighted by Gasteiger charge is -2.43. The fourth-order valence-corrected chi connectivity index (χ4v) is 3.98. The van der Waals surface area contributed by atoms with E-state index < -0.39 is 0 Å². The predicted molar refractivity (Wildman–Crippen MR) is 123 cm³/mol. The van der Waals surface area contributed by atoms with E-state index >= 15 is 0 Å². The average Bonchev–Trinajstić information content (AvgIpc) is 2.76. The molecule has 4 rings (SSSR count). The van der Waals surface area contributed by atoms with Gasteiger partial charge in [0.25, 0.3) is 0 Å². The van der Waals surface area contributed by atoms with E-state index in [1.54, 1.807) is 18.3 Å². The third kappa shape index (κ3) is 5.66. The van der Waals surface area contributed by atoms with Gasteiger partial charge in [-0.15, -0.1) is 0 Å². The van der Waals surface area contributed by atoms with Crippen LogP contribution in [0.1, 0.15) is 25.0 Å². The highest BCUT2D eigenvalue weighted by Gasteiger charge is 2.29. The number of halogens is 1. The summed E-state index contributed by atoms with van der Waals surface area (Å²) in [6.45, 7) is 9.22. The lowest BCUT2D eigenvalue weighted by atomic mass is 9.98. The first kappa shape index (κ1) is 21.4. The highest BCUT2D eigenvalue weighted by atomic mass is 19.1. The summed E-state index contributed by atoms with van der Waals surface area (Å²) in [6, 6.07) is 17.2. The summed E-state index contributed by atoms with van der Waals surface area (Å²) in [5.41, 5.74) is 4.35. The number of piperazine rings is 1. The van der Waals surface area contributed by atoms with Crippen molar-refractivity contribution in [3.8, 4) is 11.3 Å². The van der Waals surface area contributed by atoms with Crippen molar-refractivity contribution in [1.82, 2.24) is 20.2 Å². The molecule has 1 saturated heterocycles. The molecule has 2 heterocycles. The van der Waals surface area contributed by atoms with Crippen molar-refractivity contribution in [2.24, 2.45) is 0 Å². The minimum Gasteiger partial charge on any atom is -0.354 e. The molecule has 162 valence electrons. The Kier molecular flexibility index (Phi) is 6.59. The SMILES string of the molecule is CC1(C)CNCCN1Cc1cccc(-c2ccnc(NCCc3cccc(F)c3)n2)c1. The molecule has 3 aromatic rings. The molecule has 0 atom stereocenters. The summed E-state index contributed by atoms with van der Waals surface area (Å²) < 4.78 is 13.3. The van der Waals surface area contributed by atoms with Gasteiger partial charge in [0.05, 0.1) is 5.69 Å². The average molecular weight is 420 g/mol. The van der Waals surface area contributed by atoms with Gasteiger partial charge < -0.3 is 10.6 Å². The minimum absolute atomic E-state index is 0.141. The third-order valence-electron chi connectivity index (χ3n) is 5.81. The molecule has 31 heavy (non-hydrogen) atoms. The van der Waals surface area contributed by atoms with Gasteiger partial charge in [0.2, 0.25) is 5.95 Å². The molecule has 5 nitrogen and oxygen atoms in total. The second kappa shape index (κ2) is 9.54. The van der Waals surface area contributed by atoms with E-state index in [2.05, 4.69) is 63.6 Å². The molecule has 0 spiro atoms. The van der Waals surface area contributed by atoms with Crippen molar-refractivity contribution in [2.45, 2.75) is 32.4 Å². The lowest BCUT2D eigenvalue weighted by Crippen LogP contribution is -2.57. The minimum atomic E-state index is -0.208. The van der Waals surface area contributed by atoms with E-state index in [1.807, 2.05) is 12.1 Å². The van der Waals surface area contributed by atoms with Crippen LogP contribution in [0, 0.1) is 5.82 Å². The number of benzene rings is 2. The van der Waals surface area contributed by atoms with Crippen LogP contribution in [0.2, 0.25) is 0 Å². The van der Waals surface area contributed by atoms with Gasteiger partial charge in [-0.25, -0.2) is 14.4 Å². The number of nitrogens with zero attached hydrogens (tertiary/aromatic N) is 3. The Morgan fingerprint density at radius 2 is 1.94 bits per heavy atom. The molecule has 1 fully saturated rings. The van der Waals surface area contributed by atoms with Crippen LogP contribution in [0.25, 0.3) is 11.3 Å². The van der Waals surface area contributed by atoms with E-state index in [9.17, 15) is 4.39 Å². The van der Waals surface area contributed by atoms with Crippen LogP contribution in [-0.4, -0.2) is 46.6 Å². The molecule has 1 aromatic heterocycles. The predicted octanol–water partition coefficient (Wildman–Crippen LogP) is 4.12. The Hall–Kier alpha value is -2.83. The molecular weight excluding hydrogens is 389 g/mol. The van der Waals surface area contributed by atoms with Crippen molar-refractivity contribution in [2.75, 3.05) is 31.5 Å². The van der Waals surface area contributed by atoms with E-state index in [0.29, 0.717) is 18.9 Å². The number of anilines is 1. The second-order valence-electron chi connectivity index (χ2n) is 8.68. The van der Waals surface area contributed by atoms with Crippen LogP contribution in [0.4, 0.5) is 10.3 Å². The van der Waals surface area contributed by atoms with Gasteiger partial charge in [-0.1, -0.05) is 30.3 Å². The smallest absolute Gasteiger partial charge is 0.223 e. The van der Waals surface area contributed by atoms with Crippen LogP contribution in [-0.2, 0) is 13.0 Å². The number of hydrogen-bond acceptors (Lipinski definition) is 5. The van der Waals surface area contributed by atoms with Crippen LogP contribution in [0.15, 0.2) is 60.8 Å². The largest absolute Gasteiger partial charge is 0.354 e. The number of nitrogens with one attached hydrogen (secondary N) is 2. The Labute approximate surface area is 183 Å². The van der Waals surface area contributed by atoms with Gasteiger partial charge in [0, 0.05) is 50.0 Å². The first-order valence-electron chi connectivity index (χ1n) is 10.9. The quantitative estimate of drug-likeness (QED) is 0.603. The molecular formula is C25H30FN5. The summed E-state index contributed by atoms with van der Waals surface area (Å²) in [6.07, 6.45) is 2.49. The molecule has 2 N–H and O–H groups in total. The highest BCUT2D eigenvalue weighted by Crippen LogP contribution is 2.23. The summed E-state index contributed by atoms with van der Waals surface area (Å²) in [5, 5.41) is 6.73. The fraction of sp³-hybridized carbons (Fsp3) is 0.360. The molecule has 0 unspecified atom stereocenters. The Balaban J connectivity index is 1.42. The fourth-order valence-electron chi connectivity index (χ4n) is 3.98. The Morgan fingerprint density at radius 3 is 2.77 bits per heavy atom. The topological polar surface area (TPSA) is 53.1 Å². The van der Waals surface area contributed by atoms with Crippen LogP contribution < -0.4 is 10.6 Å². The van der Waals surface area contributed by atoms with Crippen LogP contribution in [0.3, 0.4) is 0 Å². The van der Waals surface area contributed by atoms with Crippen molar-refractivity contribution in [3.05, 3.63) is 77.7 Å². The summed E-state index contributed by atoms with van der Waals surface area (Å²) in [5.74, 6) is 0.377. The van der Waals surface area contributed by atoms with Crippen molar-refractivity contribution >= 4 is 5.95 Å². The second-order valence-corrected chi connectivity index (χ2v) is 8.68. The highest BCUT2D eigenvalue weighted by molar-refractivity contribution is 5.61. The molecule has 0 amide bonds. The molecule has 2 aromatic carbocycles. The van der Waals surface area contributed by atoms with Gasteiger partial charge >= 0.3 is 0 Å². The molecule has 0 bridgehead atoms. The lowest BCUT2D eigenvalue weighted by molar-refractivity contribution is 0.0828. The number of hydrogen-bond donors (Lipinski definition) is 2. The molecule has 0 aliphatic carbocycles. The maximum absolute atomic E-state index is 13.3. The van der Waals surface area contributed by atoms with Crippen molar-refractivity contribution in [3.63, 3.8) is 0 Å². The molecule has 1 aliphatic heterocycles. The van der Waals surface area contributed by atoms with Gasteiger partial charge in [-0.05, 0) is 55.7 Å². The Morgan fingerprint density at radius 1 is 1.10 bits per heavy atom. The van der Waals surface area contributed by atoms with E-state index in [1.165, 1.54) is 11.6 Å². The zero-order chi connectivity index (χ0) is 21.7. The molecule has 0 saturated carbocycles. The zero-order valence-corrected chi connectivity index (χ0v) is 18.2. The summed E-state index contributed by atoms with van der Waals surface area (Å²) in [4.78, 5) is 11.6. The molecule has 1 aliphatic rings. The number of aromatic nitrogens is 2. The Bertz CT molecular complexity index is 1020. The van der Waals surface area contributed by atoms with E-state index in [-0.39, 0.29) is 11.4 Å². The standard InChI is InChI=1S/C25H30FN5/c1-25(2)18-27-13-14-31(25)17-20-6-3-7-21(15-20)23-10-12-29-24(30-23)28-11-9-19-5-4-8-22(26)16-19/h3-8,10,12,15-16,27H,9,11,13-14,17-18H2,1-2H3,(H,28,29,30). The first-order valence-corrected chi connectivity index (χ1v) is 10.9. The van der Waals surface area contributed by atoms with Crippen LogP contribution in [0.5, 0.6) is 0 Å². The van der Waals surface area contributed by atoms with Gasteiger partial charge in [-0.3, -0.25) is 4.90 Å². The van der Waals surface area contributed by atoms with E-state index in [0.717, 1.165) is 43.0 Å². The van der Waals surface area contributed by atoms with Gasteiger partial charge in [0.1, 0.15) is 5.82 Å². The van der Waals surface area contributed by atoms with Crippen molar-refractivity contribution in [1.29, 1.82) is 0 Å². The third-order valence-corrected chi connectivity index (χ3v) is 5.81. The first-order chi connectivity index (χ1) is 15.0. The monoisotopic (exact) mass is 419 g/mol. The zero-order valence-electron chi connectivity index (χ0n) is 18.2. The number of rotatable bonds is 7. The van der Waals surface area contributed by atoms with Crippen molar-refractivity contribution < 1.29 is 4.39 Å². The van der Waals surface area contributed by atoms with Gasteiger partial charge in [-0.2, -0.15) is 0 Å². The normalized spacial score (nSPS) is 16.2. The summed E-state index contributed by atoms with van der Waals surface area (Å²) >= 11 is 0. The summed E-state index contributed by atoms with van der Waals surface area (Å²) in [7, 11) is 0. The maximum Gasteiger partial charge on any atom is 0.223 e. The van der Waals surface area contributed by atoms with E-state index in [4.69, 9.17) is 0 Å². The maximum atomic E-state index is 13.3.